The van der Waals surface area contributed by atoms with Gasteiger partial charge in [0.25, 0.3) is 15.9 Å². The Hall–Kier alpha value is -3.12. The highest BCUT2D eigenvalue weighted by Crippen LogP contribution is 2.41. The average molecular weight is 392 g/mol. The van der Waals surface area contributed by atoms with Crippen molar-refractivity contribution >= 4 is 38.1 Å². The molecule has 0 saturated heterocycles. The Kier molecular flexibility index (Phi) is 4.23. The zero-order chi connectivity index (χ0) is 20.1. The van der Waals surface area contributed by atoms with Crippen molar-refractivity contribution < 1.29 is 13.2 Å². The monoisotopic (exact) mass is 392 g/mol. The fourth-order valence-electron chi connectivity index (χ4n) is 3.57. The second-order valence-electron chi connectivity index (χ2n) is 6.98. The third-order valence-electron chi connectivity index (χ3n) is 5.17. The molecule has 0 saturated carbocycles. The van der Waals surface area contributed by atoms with Gasteiger partial charge in [0.15, 0.2) is 0 Å². The molecule has 0 bridgehead atoms. The Morgan fingerprint density at radius 2 is 1.86 bits per heavy atom. The van der Waals surface area contributed by atoms with E-state index in [-0.39, 0.29) is 5.91 Å². The molecule has 1 aliphatic heterocycles. The van der Waals surface area contributed by atoms with Crippen molar-refractivity contribution in [3.05, 3.63) is 82.8 Å². The zero-order valence-corrected chi connectivity index (χ0v) is 16.5. The van der Waals surface area contributed by atoms with E-state index in [0.29, 0.717) is 23.2 Å². The van der Waals surface area contributed by atoms with Gasteiger partial charge < -0.3 is 4.90 Å². The van der Waals surface area contributed by atoms with Crippen molar-refractivity contribution in [1.29, 1.82) is 0 Å². The van der Waals surface area contributed by atoms with Crippen LogP contribution in [0.3, 0.4) is 0 Å². The van der Waals surface area contributed by atoms with E-state index >= 15 is 0 Å². The fourth-order valence-corrected chi connectivity index (χ4v) is 4.14. The highest BCUT2D eigenvalue weighted by molar-refractivity contribution is 7.95. The van der Waals surface area contributed by atoms with Crippen molar-refractivity contribution in [2.75, 3.05) is 9.62 Å². The Balaban J connectivity index is 1.81. The van der Waals surface area contributed by atoms with Gasteiger partial charge in [-0.25, -0.2) is 8.42 Å². The van der Waals surface area contributed by atoms with Crippen LogP contribution in [0.1, 0.15) is 27.0 Å². The second-order valence-corrected chi connectivity index (χ2v) is 8.61. The van der Waals surface area contributed by atoms with Crippen LogP contribution in [0.2, 0.25) is 0 Å². The number of rotatable bonds is 5. The maximum absolute atomic E-state index is 13.1. The first-order valence-corrected chi connectivity index (χ1v) is 10.4. The summed E-state index contributed by atoms with van der Waals surface area (Å²) in [5.74, 6) is -0.0810. The molecule has 4 rings (SSSR count). The number of amides is 1. The minimum Gasteiger partial charge on any atom is -0.303 e. The lowest BCUT2D eigenvalue weighted by Gasteiger charge is -2.19. The normalized spacial score (nSPS) is 13.2. The molecule has 6 heteroatoms. The van der Waals surface area contributed by atoms with Crippen LogP contribution in [0.4, 0.5) is 11.4 Å². The van der Waals surface area contributed by atoms with E-state index in [1.165, 1.54) is 11.1 Å². The number of sulfonamides is 1. The first-order valence-electron chi connectivity index (χ1n) is 8.90. The van der Waals surface area contributed by atoms with Crippen molar-refractivity contribution in [2.45, 2.75) is 20.4 Å². The summed E-state index contributed by atoms with van der Waals surface area (Å²) in [6.07, 6.45) is 0. The van der Waals surface area contributed by atoms with Gasteiger partial charge in [-0.1, -0.05) is 36.9 Å². The maximum atomic E-state index is 13.1. The molecular weight excluding hydrogens is 372 g/mol. The van der Waals surface area contributed by atoms with Gasteiger partial charge in [-0.15, -0.1) is 0 Å². The number of carbonyl (C=O) groups excluding carboxylic acids is 1. The van der Waals surface area contributed by atoms with Crippen LogP contribution in [0.5, 0.6) is 0 Å². The molecule has 3 aromatic rings. The Morgan fingerprint density at radius 1 is 1.07 bits per heavy atom. The van der Waals surface area contributed by atoms with Crippen LogP contribution >= 0.6 is 0 Å². The third kappa shape index (κ3) is 2.96. The van der Waals surface area contributed by atoms with Gasteiger partial charge in [0, 0.05) is 21.7 Å². The second kappa shape index (κ2) is 6.49. The summed E-state index contributed by atoms with van der Waals surface area (Å²) >= 11 is 0. The lowest BCUT2D eigenvalue weighted by atomic mass is 10.0. The quantitative estimate of drug-likeness (QED) is 0.695. The van der Waals surface area contributed by atoms with Gasteiger partial charge in [0.2, 0.25) is 0 Å². The van der Waals surface area contributed by atoms with Crippen LogP contribution in [-0.2, 0) is 16.6 Å². The van der Waals surface area contributed by atoms with Crippen molar-refractivity contribution in [3.8, 4) is 0 Å². The standard InChI is InChI=1S/C22H20N2O3S/c1-4-28(26,27)23-19-10-11-20-21-17(19)6-5-7-18(21)22(25)24(20)13-16-9-8-14(2)15(3)12-16/h4-12,23H,1,13H2,2-3H3. The molecule has 0 aromatic heterocycles. The number of carbonyl (C=O) groups is 1. The van der Waals surface area contributed by atoms with Crippen LogP contribution in [0, 0.1) is 13.8 Å². The number of hydrogen-bond acceptors (Lipinski definition) is 3. The van der Waals surface area contributed by atoms with Gasteiger partial charge in [-0.3, -0.25) is 9.52 Å². The zero-order valence-electron chi connectivity index (χ0n) is 15.7. The summed E-state index contributed by atoms with van der Waals surface area (Å²) in [4.78, 5) is 14.8. The van der Waals surface area contributed by atoms with Crippen LogP contribution in [0.25, 0.3) is 10.8 Å². The van der Waals surface area contributed by atoms with E-state index < -0.39 is 10.0 Å². The molecule has 1 aliphatic rings. The van der Waals surface area contributed by atoms with E-state index in [2.05, 4.69) is 37.3 Å². The number of anilines is 2. The Bertz CT molecular complexity index is 1250. The summed E-state index contributed by atoms with van der Waals surface area (Å²) in [5.41, 5.74) is 5.24. The largest absolute Gasteiger partial charge is 0.303 e. The first-order chi connectivity index (χ1) is 13.3. The molecule has 0 radical (unpaired) electrons. The lowest BCUT2D eigenvalue weighted by molar-refractivity contribution is 0.0991. The third-order valence-corrected chi connectivity index (χ3v) is 6.11. The summed E-state index contributed by atoms with van der Waals surface area (Å²) in [6.45, 7) is 7.90. The van der Waals surface area contributed by atoms with Gasteiger partial charge in [-0.2, -0.15) is 0 Å². The smallest absolute Gasteiger partial charge is 0.259 e. The fraction of sp³-hybridized carbons (Fsp3) is 0.136. The lowest BCUT2D eigenvalue weighted by Crippen LogP contribution is -2.26. The topological polar surface area (TPSA) is 66.5 Å². The Morgan fingerprint density at radius 3 is 2.57 bits per heavy atom. The molecule has 1 amide bonds. The summed E-state index contributed by atoms with van der Waals surface area (Å²) in [5, 5.41) is 2.32. The SMILES string of the molecule is C=CS(=O)(=O)Nc1ccc2c3c(cccc13)C(=O)N2Cc1ccc(C)c(C)c1. The molecule has 1 N–H and O–H groups in total. The van der Waals surface area contributed by atoms with Gasteiger partial charge in [0.05, 0.1) is 17.9 Å². The molecule has 0 spiro atoms. The minimum absolute atomic E-state index is 0.0810. The first kappa shape index (κ1) is 18.3. The van der Waals surface area contributed by atoms with Crippen molar-refractivity contribution in [3.63, 3.8) is 0 Å². The predicted octanol–water partition coefficient (Wildman–Crippen LogP) is 4.50. The molecule has 0 atom stereocenters. The molecule has 142 valence electrons. The predicted molar refractivity (Wildman–Crippen MR) is 113 cm³/mol. The molecular formula is C22H20N2O3S. The van der Waals surface area contributed by atoms with E-state index in [1.807, 2.05) is 12.1 Å². The highest BCUT2D eigenvalue weighted by atomic mass is 32.2. The molecule has 28 heavy (non-hydrogen) atoms. The van der Waals surface area contributed by atoms with Crippen LogP contribution in [0.15, 0.2) is 60.5 Å². The molecule has 5 nitrogen and oxygen atoms in total. The van der Waals surface area contributed by atoms with Gasteiger partial charge in [-0.05, 0) is 48.7 Å². The average Bonchev–Trinajstić information content (AvgIpc) is 2.94. The number of aryl methyl sites for hydroxylation is 2. The molecule has 1 heterocycles. The molecule has 0 aliphatic carbocycles. The summed E-state index contributed by atoms with van der Waals surface area (Å²) < 4.78 is 26.4. The van der Waals surface area contributed by atoms with Crippen molar-refractivity contribution in [2.24, 2.45) is 0 Å². The number of hydrogen-bond donors (Lipinski definition) is 1. The molecule has 0 unspecified atom stereocenters. The molecule has 0 fully saturated rings. The van der Waals surface area contributed by atoms with E-state index in [4.69, 9.17) is 0 Å². The summed E-state index contributed by atoms with van der Waals surface area (Å²) in [7, 11) is -3.64. The molecule has 3 aromatic carbocycles. The van der Waals surface area contributed by atoms with E-state index in [1.54, 1.807) is 29.2 Å². The highest BCUT2D eigenvalue weighted by Gasteiger charge is 2.30. The maximum Gasteiger partial charge on any atom is 0.259 e. The number of nitrogens with zero attached hydrogens (tertiary/aromatic N) is 1. The van der Waals surface area contributed by atoms with Gasteiger partial charge in [0.1, 0.15) is 0 Å². The number of benzene rings is 3. The summed E-state index contributed by atoms with van der Waals surface area (Å²) in [6, 6.07) is 15.0. The van der Waals surface area contributed by atoms with E-state index in [9.17, 15) is 13.2 Å². The van der Waals surface area contributed by atoms with Crippen LogP contribution < -0.4 is 9.62 Å². The number of nitrogens with one attached hydrogen (secondary N) is 1. The Labute approximate surface area is 164 Å². The van der Waals surface area contributed by atoms with Crippen molar-refractivity contribution in [1.82, 2.24) is 0 Å². The van der Waals surface area contributed by atoms with Gasteiger partial charge >= 0.3 is 0 Å². The van der Waals surface area contributed by atoms with E-state index in [0.717, 1.165) is 22.0 Å². The van der Waals surface area contributed by atoms with Crippen LogP contribution in [-0.4, -0.2) is 14.3 Å². The minimum atomic E-state index is -3.64.